The minimum Gasteiger partial charge on any atom is -0.496 e. The lowest BCUT2D eigenvalue weighted by Crippen LogP contribution is -2.40. The van der Waals surface area contributed by atoms with Crippen molar-refractivity contribution in [2.75, 3.05) is 21.3 Å². The number of nitrogens with two attached hydrogens (primary N) is 1. The first kappa shape index (κ1) is 15.1. The number of hydrogen-bond acceptors (Lipinski definition) is 4. The maximum absolute atomic E-state index is 6.72. The zero-order valence-electron chi connectivity index (χ0n) is 12.7. The highest BCUT2D eigenvalue weighted by Crippen LogP contribution is 2.44. The number of methoxy groups -OCH3 is 3. The van der Waals surface area contributed by atoms with E-state index in [0.29, 0.717) is 6.61 Å². The van der Waals surface area contributed by atoms with Gasteiger partial charge in [0, 0.05) is 23.8 Å². The lowest BCUT2D eigenvalue weighted by Gasteiger charge is -2.36. The zero-order chi connectivity index (χ0) is 14.6. The summed E-state index contributed by atoms with van der Waals surface area (Å²) in [6.45, 7) is 0.481. The van der Waals surface area contributed by atoms with Crippen molar-refractivity contribution < 1.29 is 14.2 Å². The molecular formula is C16H25NO3. The summed E-state index contributed by atoms with van der Waals surface area (Å²) in [5.74, 6) is 1.65. The molecule has 0 atom stereocenters. The highest BCUT2D eigenvalue weighted by molar-refractivity contribution is 5.52. The second-order valence-corrected chi connectivity index (χ2v) is 5.47. The van der Waals surface area contributed by atoms with Crippen molar-refractivity contribution in [1.82, 2.24) is 0 Å². The van der Waals surface area contributed by atoms with Crippen molar-refractivity contribution in [3.05, 3.63) is 23.3 Å². The Balaban J connectivity index is 2.56. The molecule has 0 aromatic heterocycles. The van der Waals surface area contributed by atoms with Gasteiger partial charge in [0.15, 0.2) is 0 Å². The van der Waals surface area contributed by atoms with Crippen molar-refractivity contribution in [2.24, 2.45) is 5.73 Å². The van der Waals surface area contributed by atoms with Crippen LogP contribution in [0.5, 0.6) is 11.5 Å². The van der Waals surface area contributed by atoms with Crippen LogP contribution >= 0.6 is 0 Å². The fourth-order valence-electron chi connectivity index (χ4n) is 3.23. The van der Waals surface area contributed by atoms with E-state index in [1.807, 2.05) is 12.1 Å². The number of benzene rings is 1. The quantitative estimate of drug-likeness (QED) is 0.900. The molecule has 1 aromatic rings. The van der Waals surface area contributed by atoms with Crippen LogP contribution in [0.1, 0.15) is 43.2 Å². The van der Waals surface area contributed by atoms with E-state index in [4.69, 9.17) is 19.9 Å². The molecule has 0 aliphatic heterocycles. The van der Waals surface area contributed by atoms with Crippen LogP contribution in [0.25, 0.3) is 0 Å². The lowest BCUT2D eigenvalue weighted by atomic mass is 9.75. The van der Waals surface area contributed by atoms with Crippen LogP contribution in [-0.2, 0) is 16.9 Å². The largest absolute Gasteiger partial charge is 0.496 e. The van der Waals surface area contributed by atoms with E-state index in [0.717, 1.165) is 48.3 Å². The Labute approximate surface area is 121 Å². The smallest absolute Gasteiger partial charge is 0.124 e. The molecule has 0 bridgehead atoms. The summed E-state index contributed by atoms with van der Waals surface area (Å²) in [5, 5.41) is 0. The minimum absolute atomic E-state index is 0.341. The van der Waals surface area contributed by atoms with Crippen LogP contribution in [0.3, 0.4) is 0 Å². The summed E-state index contributed by atoms with van der Waals surface area (Å²) in [5.41, 5.74) is 8.45. The molecular weight excluding hydrogens is 254 g/mol. The third-order valence-electron chi connectivity index (χ3n) is 4.20. The molecule has 112 valence electrons. The van der Waals surface area contributed by atoms with Crippen molar-refractivity contribution >= 4 is 0 Å². The topological polar surface area (TPSA) is 53.7 Å². The number of hydrogen-bond donors (Lipinski definition) is 1. The highest BCUT2D eigenvalue weighted by Gasteiger charge is 2.35. The van der Waals surface area contributed by atoms with Crippen LogP contribution in [0.15, 0.2) is 12.1 Å². The van der Waals surface area contributed by atoms with E-state index < -0.39 is 0 Å². The van der Waals surface area contributed by atoms with Crippen molar-refractivity contribution in [1.29, 1.82) is 0 Å². The minimum atomic E-state index is -0.341. The van der Waals surface area contributed by atoms with Gasteiger partial charge in [0.2, 0.25) is 0 Å². The van der Waals surface area contributed by atoms with Crippen LogP contribution in [-0.4, -0.2) is 21.3 Å². The predicted molar refractivity (Wildman–Crippen MR) is 79.2 cm³/mol. The van der Waals surface area contributed by atoms with Crippen molar-refractivity contribution in [2.45, 2.75) is 44.2 Å². The van der Waals surface area contributed by atoms with Crippen LogP contribution in [0.4, 0.5) is 0 Å². The van der Waals surface area contributed by atoms with E-state index in [2.05, 4.69) is 0 Å². The molecule has 0 saturated heterocycles. The summed E-state index contributed by atoms with van der Waals surface area (Å²) in [6.07, 6.45) is 5.53. The Morgan fingerprint density at radius 1 is 1.00 bits per heavy atom. The summed E-state index contributed by atoms with van der Waals surface area (Å²) in [7, 11) is 5.05. The molecule has 2 N–H and O–H groups in total. The van der Waals surface area contributed by atoms with Gasteiger partial charge in [-0.3, -0.25) is 0 Å². The van der Waals surface area contributed by atoms with E-state index in [1.54, 1.807) is 21.3 Å². The molecule has 0 unspecified atom stereocenters. The molecule has 1 fully saturated rings. The van der Waals surface area contributed by atoms with Crippen LogP contribution in [0, 0.1) is 0 Å². The molecule has 2 rings (SSSR count). The normalized spacial score (nSPS) is 17.8. The Bertz CT molecular complexity index is 453. The molecule has 4 nitrogen and oxygen atoms in total. The van der Waals surface area contributed by atoms with Crippen molar-refractivity contribution in [3.8, 4) is 11.5 Å². The standard InChI is InChI=1S/C16H25NO3/c1-18-11-12-13(19-2)7-8-14(20-3)15(12)16(17)9-5-4-6-10-16/h7-8H,4-6,9-11,17H2,1-3H3. The summed E-state index contributed by atoms with van der Waals surface area (Å²) >= 11 is 0. The Morgan fingerprint density at radius 2 is 1.60 bits per heavy atom. The second kappa shape index (κ2) is 6.46. The maximum Gasteiger partial charge on any atom is 0.124 e. The molecule has 1 aliphatic carbocycles. The first-order valence-electron chi connectivity index (χ1n) is 7.18. The average Bonchev–Trinajstić information content (AvgIpc) is 2.47. The van der Waals surface area contributed by atoms with Crippen LogP contribution in [0.2, 0.25) is 0 Å². The van der Waals surface area contributed by atoms with Gasteiger partial charge >= 0.3 is 0 Å². The first-order valence-corrected chi connectivity index (χ1v) is 7.18. The van der Waals surface area contributed by atoms with Gasteiger partial charge in [-0.15, -0.1) is 0 Å². The van der Waals surface area contributed by atoms with E-state index in [-0.39, 0.29) is 5.54 Å². The summed E-state index contributed by atoms with van der Waals surface area (Å²) in [4.78, 5) is 0. The molecule has 0 radical (unpaired) electrons. The van der Waals surface area contributed by atoms with E-state index >= 15 is 0 Å². The van der Waals surface area contributed by atoms with Gasteiger partial charge in [0.25, 0.3) is 0 Å². The van der Waals surface area contributed by atoms with E-state index in [9.17, 15) is 0 Å². The third-order valence-corrected chi connectivity index (χ3v) is 4.20. The molecule has 0 heterocycles. The fourth-order valence-corrected chi connectivity index (χ4v) is 3.23. The first-order chi connectivity index (χ1) is 9.66. The summed E-state index contributed by atoms with van der Waals surface area (Å²) < 4.78 is 16.4. The number of rotatable bonds is 5. The van der Waals surface area contributed by atoms with Gasteiger partial charge in [-0.1, -0.05) is 19.3 Å². The molecule has 20 heavy (non-hydrogen) atoms. The SMILES string of the molecule is COCc1c(OC)ccc(OC)c1C1(N)CCCCC1. The molecule has 4 heteroatoms. The third kappa shape index (κ3) is 2.76. The monoisotopic (exact) mass is 279 g/mol. The average molecular weight is 279 g/mol. The Morgan fingerprint density at radius 3 is 2.15 bits per heavy atom. The van der Waals surface area contributed by atoms with E-state index in [1.165, 1.54) is 6.42 Å². The molecule has 1 aromatic carbocycles. The summed E-state index contributed by atoms with van der Waals surface area (Å²) in [6, 6.07) is 3.86. The van der Waals surface area contributed by atoms with Gasteiger partial charge < -0.3 is 19.9 Å². The predicted octanol–water partition coefficient (Wildman–Crippen LogP) is 2.97. The van der Waals surface area contributed by atoms with Gasteiger partial charge in [0.1, 0.15) is 11.5 Å². The molecule has 1 aliphatic rings. The molecule has 0 spiro atoms. The van der Waals surface area contributed by atoms with Crippen LogP contribution < -0.4 is 15.2 Å². The molecule has 1 saturated carbocycles. The maximum atomic E-state index is 6.72. The highest BCUT2D eigenvalue weighted by atomic mass is 16.5. The van der Waals surface area contributed by atoms with Gasteiger partial charge in [-0.2, -0.15) is 0 Å². The zero-order valence-corrected chi connectivity index (χ0v) is 12.7. The Kier molecular flexibility index (Phi) is 4.89. The van der Waals surface area contributed by atoms with Gasteiger partial charge in [0.05, 0.1) is 20.8 Å². The Hall–Kier alpha value is -1.26. The van der Waals surface area contributed by atoms with Crippen molar-refractivity contribution in [3.63, 3.8) is 0 Å². The van der Waals surface area contributed by atoms with Gasteiger partial charge in [-0.05, 0) is 25.0 Å². The lowest BCUT2D eigenvalue weighted by molar-refractivity contribution is 0.176. The molecule has 0 amide bonds. The number of ether oxygens (including phenoxy) is 3. The fraction of sp³-hybridized carbons (Fsp3) is 0.625. The second-order valence-electron chi connectivity index (χ2n) is 5.47. The van der Waals surface area contributed by atoms with Gasteiger partial charge in [-0.25, -0.2) is 0 Å².